The molecule has 1 saturated carbocycles. The van der Waals surface area contributed by atoms with Gasteiger partial charge in [-0.2, -0.15) is 0 Å². The summed E-state index contributed by atoms with van der Waals surface area (Å²) in [4.78, 5) is 0. The molecule has 1 aliphatic heterocycles. The van der Waals surface area contributed by atoms with E-state index in [4.69, 9.17) is 0 Å². The van der Waals surface area contributed by atoms with Gasteiger partial charge in [-0.05, 0) is 25.3 Å². The molecular formula is C8H15NO3S. The molecule has 5 heteroatoms. The summed E-state index contributed by atoms with van der Waals surface area (Å²) in [5, 5.41) is 12.5. The van der Waals surface area contributed by atoms with Crippen molar-refractivity contribution in [2.45, 2.75) is 25.0 Å². The summed E-state index contributed by atoms with van der Waals surface area (Å²) in [7, 11) is -2.98. The molecule has 1 heterocycles. The number of hydrogen-bond acceptors (Lipinski definition) is 4. The highest BCUT2D eigenvalue weighted by molar-refractivity contribution is 7.91. The van der Waals surface area contributed by atoms with E-state index in [1.165, 1.54) is 12.8 Å². The summed E-state index contributed by atoms with van der Waals surface area (Å²) in [6, 6.07) is -0.231. The Balaban J connectivity index is 1.85. The predicted molar refractivity (Wildman–Crippen MR) is 49.2 cm³/mol. The second-order valence-corrected chi connectivity index (χ2v) is 6.26. The maximum Gasteiger partial charge on any atom is 0.154 e. The van der Waals surface area contributed by atoms with Crippen molar-refractivity contribution in [3.05, 3.63) is 0 Å². The molecule has 76 valence electrons. The summed E-state index contributed by atoms with van der Waals surface area (Å²) >= 11 is 0. The fourth-order valence-electron chi connectivity index (χ4n) is 1.66. The van der Waals surface area contributed by atoms with Crippen LogP contribution in [-0.2, 0) is 9.84 Å². The lowest BCUT2D eigenvalue weighted by Crippen LogP contribution is -2.39. The van der Waals surface area contributed by atoms with Crippen molar-refractivity contribution in [3.8, 4) is 0 Å². The Morgan fingerprint density at radius 2 is 2.00 bits per heavy atom. The van der Waals surface area contributed by atoms with E-state index in [-0.39, 0.29) is 17.5 Å². The maximum absolute atomic E-state index is 11.1. The number of aliphatic hydroxyl groups is 1. The molecule has 0 amide bonds. The number of aliphatic hydroxyl groups excluding tert-OH is 1. The number of nitrogens with one attached hydrogen (secondary N) is 1. The van der Waals surface area contributed by atoms with Crippen molar-refractivity contribution in [2.75, 3.05) is 18.1 Å². The zero-order valence-electron chi connectivity index (χ0n) is 7.44. The molecule has 2 fully saturated rings. The van der Waals surface area contributed by atoms with Gasteiger partial charge in [0.25, 0.3) is 0 Å². The molecule has 0 bridgehead atoms. The van der Waals surface area contributed by atoms with Crippen LogP contribution in [0, 0.1) is 5.92 Å². The van der Waals surface area contributed by atoms with Gasteiger partial charge >= 0.3 is 0 Å². The molecular weight excluding hydrogens is 190 g/mol. The largest absolute Gasteiger partial charge is 0.390 e. The summed E-state index contributed by atoms with van der Waals surface area (Å²) in [5.41, 5.74) is 0. The van der Waals surface area contributed by atoms with Crippen LogP contribution in [-0.4, -0.2) is 43.7 Å². The quantitative estimate of drug-likeness (QED) is 0.629. The highest BCUT2D eigenvalue weighted by atomic mass is 32.2. The zero-order valence-corrected chi connectivity index (χ0v) is 8.26. The minimum atomic E-state index is -2.98. The van der Waals surface area contributed by atoms with Crippen LogP contribution in [0.4, 0.5) is 0 Å². The lowest BCUT2D eigenvalue weighted by Gasteiger charge is -2.13. The van der Waals surface area contributed by atoms with Gasteiger partial charge in [0, 0.05) is 6.04 Å². The summed E-state index contributed by atoms with van der Waals surface area (Å²) < 4.78 is 22.2. The van der Waals surface area contributed by atoms with E-state index in [1.54, 1.807) is 0 Å². The minimum absolute atomic E-state index is 0.0741. The molecule has 0 spiro atoms. The van der Waals surface area contributed by atoms with Crippen LogP contribution in [0.3, 0.4) is 0 Å². The van der Waals surface area contributed by atoms with E-state index < -0.39 is 15.9 Å². The van der Waals surface area contributed by atoms with Gasteiger partial charge < -0.3 is 10.4 Å². The molecule has 4 nitrogen and oxygen atoms in total. The van der Waals surface area contributed by atoms with Crippen molar-refractivity contribution in [1.82, 2.24) is 5.32 Å². The molecule has 2 atom stereocenters. The standard InChI is InChI=1S/C8H15NO3S/c10-8-5-13(11,12)4-7(8)9-3-6-1-2-6/h6-10H,1-5H2/t7-,8?/m0/s1. The van der Waals surface area contributed by atoms with E-state index in [0.29, 0.717) is 0 Å². The van der Waals surface area contributed by atoms with Crippen LogP contribution in [0.2, 0.25) is 0 Å². The topological polar surface area (TPSA) is 66.4 Å². The summed E-state index contributed by atoms with van der Waals surface area (Å²) in [6.07, 6.45) is 1.77. The Morgan fingerprint density at radius 3 is 2.46 bits per heavy atom. The first-order valence-electron chi connectivity index (χ1n) is 4.69. The lowest BCUT2D eigenvalue weighted by atomic mass is 10.2. The third-order valence-corrected chi connectivity index (χ3v) is 4.40. The molecule has 0 aromatic carbocycles. The highest BCUT2D eigenvalue weighted by Crippen LogP contribution is 2.28. The second-order valence-electron chi connectivity index (χ2n) is 4.10. The third-order valence-electron chi connectivity index (χ3n) is 2.69. The Hall–Kier alpha value is -0.130. The van der Waals surface area contributed by atoms with Gasteiger partial charge in [-0.25, -0.2) is 8.42 Å². The van der Waals surface area contributed by atoms with Crippen molar-refractivity contribution in [3.63, 3.8) is 0 Å². The molecule has 2 rings (SSSR count). The maximum atomic E-state index is 11.1. The van der Waals surface area contributed by atoms with Crippen LogP contribution < -0.4 is 5.32 Å². The van der Waals surface area contributed by atoms with E-state index in [2.05, 4.69) is 5.32 Å². The minimum Gasteiger partial charge on any atom is -0.390 e. The number of rotatable bonds is 3. The molecule has 1 aliphatic carbocycles. The fourth-order valence-corrected chi connectivity index (χ4v) is 3.44. The molecule has 1 saturated heterocycles. The number of hydrogen-bond donors (Lipinski definition) is 2. The van der Waals surface area contributed by atoms with Crippen molar-refractivity contribution >= 4 is 9.84 Å². The first kappa shape index (κ1) is 9.43. The van der Waals surface area contributed by atoms with Crippen molar-refractivity contribution in [2.24, 2.45) is 5.92 Å². The first-order valence-corrected chi connectivity index (χ1v) is 6.51. The number of sulfone groups is 1. The molecule has 0 radical (unpaired) electrons. The molecule has 13 heavy (non-hydrogen) atoms. The average molecular weight is 205 g/mol. The summed E-state index contributed by atoms with van der Waals surface area (Å²) in [5.74, 6) is 0.742. The predicted octanol–water partition coefficient (Wildman–Crippen LogP) is -0.856. The van der Waals surface area contributed by atoms with E-state index in [0.717, 1.165) is 12.5 Å². The van der Waals surface area contributed by atoms with Gasteiger partial charge in [0.15, 0.2) is 9.84 Å². The monoisotopic (exact) mass is 205 g/mol. The van der Waals surface area contributed by atoms with Gasteiger partial charge in [-0.3, -0.25) is 0 Å². The van der Waals surface area contributed by atoms with Crippen LogP contribution in [0.1, 0.15) is 12.8 Å². The van der Waals surface area contributed by atoms with Crippen LogP contribution >= 0.6 is 0 Å². The third kappa shape index (κ3) is 2.42. The van der Waals surface area contributed by atoms with Crippen molar-refractivity contribution in [1.29, 1.82) is 0 Å². The van der Waals surface area contributed by atoms with E-state index in [9.17, 15) is 13.5 Å². The van der Waals surface area contributed by atoms with Gasteiger partial charge in [0.2, 0.25) is 0 Å². The normalized spacial score (nSPS) is 37.9. The molecule has 1 unspecified atom stereocenters. The fraction of sp³-hybridized carbons (Fsp3) is 1.00. The Bertz CT molecular complexity index is 284. The SMILES string of the molecule is O=S1(=O)CC(O)[C@@H](NCC2CC2)C1. The molecule has 0 aromatic heterocycles. The van der Waals surface area contributed by atoms with Gasteiger partial charge in [0.1, 0.15) is 0 Å². The van der Waals surface area contributed by atoms with Gasteiger partial charge in [-0.15, -0.1) is 0 Å². The van der Waals surface area contributed by atoms with Gasteiger partial charge in [-0.1, -0.05) is 0 Å². The van der Waals surface area contributed by atoms with Gasteiger partial charge in [0.05, 0.1) is 17.6 Å². The van der Waals surface area contributed by atoms with E-state index in [1.807, 2.05) is 0 Å². The smallest absolute Gasteiger partial charge is 0.154 e. The Labute approximate surface area is 78.3 Å². The van der Waals surface area contributed by atoms with Crippen LogP contribution in [0.25, 0.3) is 0 Å². The van der Waals surface area contributed by atoms with Crippen LogP contribution in [0.15, 0.2) is 0 Å². The zero-order chi connectivity index (χ0) is 9.47. The molecule has 2 aliphatic rings. The molecule has 0 aromatic rings. The molecule has 2 N–H and O–H groups in total. The average Bonchev–Trinajstić information content (AvgIpc) is 2.75. The first-order chi connectivity index (χ1) is 6.07. The Kier molecular flexibility index (Phi) is 2.33. The van der Waals surface area contributed by atoms with Crippen LogP contribution in [0.5, 0.6) is 0 Å². The Morgan fingerprint density at radius 1 is 1.31 bits per heavy atom. The highest BCUT2D eigenvalue weighted by Gasteiger charge is 2.36. The van der Waals surface area contributed by atoms with Crippen molar-refractivity contribution < 1.29 is 13.5 Å². The summed E-state index contributed by atoms with van der Waals surface area (Å²) in [6.45, 7) is 0.858. The van der Waals surface area contributed by atoms with E-state index >= 15 is 0 Å². The second kappa shape index (κ2) is 3.22. The lowest BCUT2D eigenvalue weighted by molar-refractivity contribution is 0.165.